The van der Waals surface area contributed by atoms with Gasteiger partial charge in [-0.3, -0.25) is 0 Å². The molecule has 1 heteroatoms. The lowest BCUT2D eigenvalue weighted by molar-refractivity contribution is -0.523. The zero-order chi connectivity index (χ0) is 17.5. The summed E-state index contributed by atoms with van der Waals surface area (Å²) in [6, 6.07) is 15.6. The molecule has 0 amide bonds. The van der Waals surface area contributed by atoms with Crippen LogP contribution in [0, 0.1) is 0 Å². The van der Waals surface area contributed by atoms with Crippen molar-refractivity contribution in [2.45, 2.75) is 65.3 Å². The lowest BCUT2D eigenvalue weighted by Crippen LogP contribution is -2.40. The van der Waals surface area contributed by atoms with E-state index in [2.05, 4.69) is 94.8 Å². The third-order valence-corrected chi connectivity index (χ3v) is 5.18. The van der Waals surface area contributed by atoms with Gasteiger partial charge in [-0.1, -0.05) is 64.1 Å². The molecule has 0 bridgehead atoms. The number of fused-ring (bicyclic) bond motifs is 1. The SMILES string of the molecule is CC(C)c1cccc(C(C)C)c1[N+]1=Cc2ccccc2CC1(C)C. The van der Waals surface area contributed by atoms with Crippen LogP contribution in [0.2, 0.25) is 0 Å². The fourth-order valence-corrected chi connectivity index (χ4v) is 3.84. The topological polar surface area (TPSA) is 3.01 Å². The quantitative estimate of drug-likeness (QED) is 0.607. The van der Waals surface area contributed by atoms with Crippen molar-refractivity contribution in [2.24, 2.45) is 0 Å². The summed E-state index contributed by atoms with van der Waals surface area (Å²) in [5.74, 6) is 1.03. The van der Waals surface area contributed by atoms with Gasteiger partial charge in [0.25, 0.3) is 0 Å². The highest BCUT2D eigenvalue weighted by Gasteiger charge is 2.39. The second-order valence-corrected chi connectivity index (χ2v) is 8.28. The van der Waals surface area contributed by atoms with Gasteiger partial charge >= 0.3 is 0 Å². The van der Waals surface area contributed by atoms with Crippen LogP contribution in [0.5, 0.6) is 0 Å². The van der Waals surface area contributed by atoms with Gasteiger partial charge in [-0.25, -0.2) is 0 Å². The van der Waals surface area contributed by atoms with Crippen molar-refractivity contribution >= 4 is 11.9 Å². The van der Waals surface area contributed by atoms with Gasteiger partial charge in [0.15, 0.2) is 11.8 Å². The van der Waals surface area contributed by atoms with E-state index in [1.807, 2.05) is 0 Å². The van der Waals surface area contributed by atoms with E-state index in [0.29, 0.717) is 11.8 Å². The third-order valence-electron chi connectivity index (χ3n) is 5.18. The van der Waals surface area contributed by atoms with Gasteiger partial charge in [0.1, 0.15) is 0 Å². The van der Waals surface area contributed by atoms with Crippen molar-refractivity contribution < 1.29 is 4.58 Å². The molecule has 0 aliphatic carbocycles. The Morgan fingerprint density at radius 1 is 0.833 bits per heavy atom. The van der Waals surface area contributed by atoms with Crippen LogP contribution in [-0.4, -0.2) is 16.3 Å². The van der Waals surface area contributed by atoms with Gasteiger partial charge in [0.05, 0.1) is 0 Å². The molecule has 0 aromatic heterocycles. The summed E-state index contributed by atoms with van der Waals surface area (Å²) >= 11 is 0. The summed E-state index contributed by atoms with van der Waals surface area (Å²) in [4.78, 5) is 0. The summed E-state index contributed by atoms with van der Waals surface area (Å²) in [5, 5.41) is 0. The largest absolute Gasteiger partial charge is 0.212 e. The Kier molecular flexibility index (Phi) is 4.38. The number of hydrogen-bond donors (Lipinski definition) is 0. The maximum Gasteiger partial charge on any atom is 0.212 e. The molecule has 0 fully saturated rings. The van der Waals surface area contributed by atoms with Crippen LogP contribution in [0.1, 0.15) is 75.6 Å². The van der Waals surface area contributed by atoms with Crippen molar-refractivity contribution in [3.8, 4) is 0 Å². The lowest BCUT2D eigenvalue weighted by atomic mass is 9.85. The van der Waals surface area contributed by atoms with E-state index >= 15 is 0 Å². The van der Waals surface area contributed by atoms with Gasteiger partial charge in [-0.15, -0.1) is 0 Å². The summed E-state index contributed by atoms with van der Waals surface area (Å²) in [6.07, 6.45) is 3.44. The zero-order valence-corrected chi connectivity index (χ0v) is 15.9. The average Bonchev–Trinajstić information content (AvgIpc) is 2.52. The Labute approximate surface area is 147 Å². The standard InChI is InChI=1S/C23H30N/c1-16(2)20-12-9-13-21(17(3)4)22(20)24-15-19-11-8-7-10-18(19)14-23(24,5)6/h7-13,15-17H,14H2,1-6H3/q+1. The monoisotopic (exact) mass is 320 g/mol. The van der Waals surface area contributed by atoms with Crippen LogP contribution in [0.15, 0.2) is 42.5 Å². The number of para-hydroxylation sites is 1. The molecule has 126 valence electrons. The summed E-state index contributed by atoms with van der Waals surface area (Å²) in [5.41, 5.74) is 7.19. The smallest absolute Gasteiger partial charge is 0.193 e. The Morgan fingerprint density at radius 2 is 1.42 bits per heavy atom. The summed E-state index contributed by atoms with van der Waals surface area (Å²) in [6.45, 7) is 13.9. The molecule has 1 aliphatic rings. The van der Waals surface area contributed by atoms with E-state index in [1.165, 1.54) is 27.9 Å². The van der Waals surface area contributed by atoms with Gasteiger partial charge in [0.2, 0.25) is 5.69 Å². The Balaban J connectivity index is 2.30. The second-order valence-electron chi connectivity index (χ2n) is 8.28. The van der Waals surface area contributed by atoms with Crippen LogP contribution in [-0.2, 0) is 6.42 Å². The minimum atomic E-state index is 0.0724. The highest BCUT2D eigenvalue weighted by molar-refractivity contribution is 5.80. The normalized spacial score (nSPS) is 16.2. The van der Waals surface area contributed by atoms with Crippen LogP contribution >= 0.6 is 0 Å². The van der Waals surface area contributed by atoms with Gasteiger partial charge in [-0.05, 0) is 23.5 Å². The molecule has 0 unspecified atom stereocenters. The van der Waals surface area contributed by atoms with E-state index in [9.17, 15) is 0 Å². The molecular formula is C23H30N+. The van der Waals surface area contributed by atoms with E-state index in [4.69, 9.17) is 0 Å². The van der Waals surface area contributed by atoms with Crippen molar-refractivity contribution in [1.82, 2.24) is 0 Å². The molecule has 0 saturated heterocycles. The predicted octanol–water partition coefficient (Wildman–Crippen LogP) is 6.03. The molecule has 0 radical (unpaired) electrons. The molecular weight excluding hydrogens is 290 g/mol. The molecule has 1 heterocycles. The first kappa shape index (κ1) is 17.0. The van der Waals surface area contributed by atoms with Crippen molar-refractivity contribution in [3.63, 3.8) is 0 Å². The number of rotatable bonds is 3. The fourth-order valence-electron chi connectivity index (χ4n) is 3.84. The molecule has 2 aromatic carbocycles. The molecule has 24 heavy (non-hydrogen) atoms. The van der Waals surface area contributed by atoms with Crippen LogP contribution < -0.4 is 0 Å². The van der Waals surface area contributed by atoms with Crippen LogP contribution in [0.4, 0.5) is 5.69 Å². The first-order valence-electron chi connectivity index (χ1n) is 9.16. The zero-order valence-electron chi connectivity index (χ0n) is 15.9. The molecule has 1 aliphatic heterocycles. The second kappa shape index (κ2) is 6.20. The van der Waals surface area contributed by atoms with Crippen molar-refractivity contribution in [2.75, 3.05) is 0 Å². The lowest BCUT2D eigenvalue weighted by Gasteiger charge is -2.30. The average molecular weight is 321 g/mol. The van der Waals surface area contributed by atoms with Gasteiger partial charge < -0.3 is 0 Å². The van der Waals surface area contributed by atoms with Crippen LogP contribution in [0.25, 0.3) is 0 Å². The summed E-state index contributed by atoms with van der Waals surface area (Å²) in [7, 11) is 0. The Hall–Kier alpha value is -1.89. The van der Waals surface area contributed by atoms with Crippen LogP contribution in [0.3, 0.4) is 0 Å². The van der Waals surface area contributed by atoms with E-state index in [1.54, 1.807) is 0 Å². The minimum absolute atomic E-state index is 0.0724. The van der Waals surface area contributed by atoms with E-state index in [-0.39, 0.29) is 5.54 Å². The third kappa shape index (κ3) is 2.92. The predicted molar refractivity (Wildman–Crippen MR) is 104 cm³/mol. The maximum atomic E-state index is 2.54. The molecule has 3 rings (SSSR count). The molecule has 0 N–H and O–H groups in total. The number of benzene rings is 2. The Morgan fingerprint density at radius 3 is 2.00 bits per heavy atom. The first-order valence-corrected chi connectivity index (χ1v) is 9.16. The minimum Gasteiger partial charge on any atom is -0.193 e. The highest BCUT2D eigenvalue weighted by atomic mass is 15.1. The van der Waals surface area contributed by atoms with Crippen molar-refractivity contribution in [1.29, 1.82) is 0 Å². The number of hydrogen-bond acceptors (Lipinski definition) is 0. The molecule has 0 atom stereocenters. The highest BCUT2D eigenvalue weighted by Crippen LogP contribution is 2.39. The fraction of sp³-hybridized carbons (Fsp3) is 0.435. The van der Waals surface area contributed by atoms with E-state index < -0.39 is 0 Å². The van der Waals surface area contributed by atoms with Crippen molar-refractivity contribution in [3.05, 3.63) is 64.7 Å². The molecule has 0 saturated carbocycles. The molecule has 2 aromatic rings. The van der Waals surface area contributed by atoms with Gasteiger partial charge in [0, 0.05) is 37.0 Å². The summed E-state index contributed by atoms with van der Waals surface area (Å²) < 4.78 is 2.54. The maximum absolute atomic E-state index is 2.54. The van der Waals surface area contributed by atoms with Gasteiger partial charge in [-0.2, -0.15) is 4.58 Å². The first-order chi connectivity index (χ1) is 11.3. The van der Waals surface area contributed by atoms with E-state index in [0.717, 1.165) is 6.42 Å². The number of nitrogens with zero attached hydrogens (tertiary/aromatic N) is 1. The Bertz CT molecular complexity index is 752. The molecule has 0 spiro atoms. The molecule has 1 nitrogen and oxygen atoms in total.